The minimum absolute atomic E-state index is 0.449. The summed E-state index contributed by atoms with van der Waals surface area (Å²) in [7, 11) is 0. The molecule has 0 bridgehead atoms. The van der Waals surface area contributed by atoms with Crippen LogP contribution in [0.4, 0.5) is 29.3 Å². The molecular formula is C17H12F3N3O. The van der Waals surface area contributed by atoms with E-state index in [0.717, 1.165) is 17.8 Å². The zero-order chi connectivity index (χ0) is 17.1. The minimum atomic E-state index is -1.64. The predicted octanol–water partition coefficient (Wildman–Crippen LogP) is 4.54. The number of amides is 2. The standard InChI is InChI=1S/C17H12F3N3O/c18-13-7-8-14(16(20)15(13)19)22-17(24)21-11-3-5-12(6-4-11)23-9-1-2-10-23/h1-10H,(H2,21,22,24). The van der Waals surface area contributed by atoms with Gasteiger partial charge in [0.25, 0.3) is 0 Å². The number of aromatic nitrogens is 1. The fourth-order valence-corrected chi connectivity index (χ4v) is 2.13. The van der Waals surface area contributed by atoms with Gasteiger partial charge < -0.3 is 15.2 Å². The van der Waals surface area contributed by atoms with Gasteiger partial charge in [0.15, 0.2) is 17.5 Å². The number of hydrogen-bond acceptors (Lipinski definition) is 1. The summed E-state index contributed by atoms with van der Waals surface area (Å²) in [4.78, 5) is 11.8. The number of carbonyl (C=O) groups is 1. The maximum Gasteiger partial charge on any atom is 0.323 e. The van der Waals surface area contributed by atoms with Crippen molar-refractivity contribution in [3.8, 4) is 5.69 Å². The molecule has 1 aromatic heterocycles. The van der Waals surface area contributed by atoms with E-state index in [4.69, 9.17) is 0 Å². The largest absolute Gasteiger partial charge is 0.324 e. The second-order valence-corrected chi connectivity index (χ2v) is 4.94. The number of urea groups is 1. The number of halogens is 3. The third-order valence-electron chi connectivity index (χ3n) is 3.31. The molecule has 3 aromatic rings. The molecule has 0 saturated carbocycles. The van der Waals surface area contributed by atoms with Gasteiger partial charge in [0, 0.05) is 23.8 Å². The van der Waals surface area contributed by atoms with Gasteiger partial charge in [-0.05, 0) is 48.5 Å². The second-order valence-electron chi connectivity index (χ2n) is 4.94. The van der Waals surface area contributed by atoms with Crippen molar-refractivity contribution in [3.05, 3.63) is 78.4 Å². The minimum Gasteiger partial charge on any atom is -0.324 e. The lowest BCUT2D eigenvalue weighted by atomic mass is 10.2. The average Bonchev–Trinajstić information content (AvgIpc) is 3.11. The van der Waals surface area contributed by atoms with Crippen molar-refractivity contribution < 1.29 is 18.0 Å². The van der Waals surface area contributed by atoms with Gasteiger partial charge in [-0.1, -0.05) is 0 Å². The zero-order valence-electron chi connectivity index (χ0n) is 12.3. The Bertz CT molecular complexity index is 862. The first-order valence-corrected chi connectivity index (χ1v) is 6.99. The van der Waals surface area contributed by atoms with Crippen molar-refractivity contribution in [2.45, 2.75) is 0 Å². The lowest BCUT2D eigenvalue weighted by molar-refractivity contribution is 0.262. The lowest BCUT2D eigenvalue weighted by Crippen LogP contribution is -2.20. The molecule has 4 nitrogen and oxygen atoms in total. The number of rotatable bonds is 3. The third kappa shape index (κ3) is 3.24. The van der Waals surface area contributed by atoms with Crippen LogP contribution < -0.4 is 10.6 Å². The van der Waals surface area contributed by atoms with E-state index in [1.54, 1.807) is 24.3 Å². The summed E-state index contributed by atoms with van der Waals surface area (Å²) in [5.41, 5.74) is 0.916. The maximum absolute atomic E-state index is 13.5. The van der Waals surface area contributed by atoms with Crippen molar-refractivity contribution in [2.75, 3.05) is 10.6 Å². The highest BCUT2D eigenvalue weighted by Gasteiger charge is 2.15. The fraction of sp³-hybridized carbons (Fsp3) is 0. The summed E-state index contributed by atoms with van der Waals surface area (Å²) in [6.07, 6.45) is 3.75. The molecule has 24 heavy (non-hydrogen) atoms. The number of benzene rings is 2. The molecule has 122 valence electrons. The molecule has 2 N–H and O–H groups in total. The van der Waals surface area contributed by atoms with Crippen molar-refractivity contribution >= 4 is 17.4 Å². The normalized spacial score (nSPS) is 10.5. The van der Waals surface area contributed by atoms with Gasteiger partial charge in [-0.3, -0.25) is 0 Å². The van der Waals surface area contributed by atoms with Gasteiger partial charge in [-0.25, -0.2) is 18.0 Å². The summed E-state index contributed by atoms with van der Waals surface area (Å²) < 4.78 is 41.4. The molecule has 0 radical (unpaired) electrons. The van der Waals surface area contributed by atoms with Crippen LogP contribution in [-0.4, -0.2) is 10.6 Å². The molecule has 0 saturated heterocycles. The van der Waals surface area contributed by atoms with Crippen molar-refractivity contribution in [3.63, 3.8) is 0 Å². The van der Waals surface area contributed by atoms with Crippen LogP contribution in [0.5, 0.6) is 0 Å². The lowest BCUT2D eigenvalue weighted by Gasteiger charge is -2.10. The highest BCUT2D eigenvalue weighted by Crippen LogP contribution is 2.20. The molecule has 2 aromatic carbocycles. The van der Waals surface area contributed by atoms with Gasteiger partial charge in [0.1, 0.15) is 0 Å². The molecule has 7 heteroatoms. The highest BCUT2D eigenvalue weighted by molar-refractivity contribution is 5.99. The monoisotopic (exact) mass is 331 g/mol. The molecule has 1 heterocycles. The van der Waals surface area contributed by atoms with Crippen LogP contribution in [0.25, 0.3) is 5.69 Å². The topological polar surface area (TPSA) is 46.1 Å². The SMILES string of the molecule is O=C(Nc1ccc(-n2cccc2)cc1)Nc1ccc(F)c(F)c1F. The second kappa shape index (κ2) is 6.49. The number of hydrogen-bond donors (Lipinski definition) is 2. The highest BCUT2D eigenvalue weighted by atomic mass is 19.2. The van der Waals surface area contributed by atoms with Crippen LogP contribution in [0.1, 0.15) is 0 Å². The first-order valence-electron chi connectivity index (χ1n) is 6.99. The van der Waals surface area contributed by atoms with E-state index in [0.29, 0.717) is 5.69 Å². The smallest absolute Gasteiger partial charge is 0.323 e. The third-order valence-corrected chi connectivity index (χ3v) is 3.31. The fourth-order valence-electron chi connectivity index (χ4n) is 2.13. The summed E-state index contributed by atoms with van der Waals surface area (Å²) in [5, 5.41) is 4.61. The average molecular weight is 331 g/mol. The van der Waals surface area contributed by atoms with E-state index in [1.807, 2.05) is 29.1 Å². The van der Waals surface area contributed by atoms with Crippen molar-refractivity contribution in [2.24, 2.45) is 0 Å². The molecule has 0 unspecified atom stereocenters. The van der Waals surface area contributed by atoms with Crippen LogP contribution in [0.2, 0.25) is 0 Å². The summed E-state index contributed by atoms with van der Waals surface area (Å²) in [6.45, 7) is 0. The molecule has 0 aliphatic rings. The Morgan fingerprint density at radius 1 is 0.833 bits per heavy atom. The Labute approximate surface area is 135 Å². The molecule has 2 amide bonds. The first-order chi connectivity index (χ1) is 11.5. The van der Waals surface area contributed by atoms with E-state index < -0.39 is 29.2 Å². The zero-order valence-corrected chi connectivity index (χ0v) is 12.3. The van der Waals surface area contributed by atoms with E-state index >= 15 is 0 Å². The van der Waals surface area contributed by atoms with Crippen LogP contribution in [0.3, 0.4) is 0 Å². The van der Waals surface area contributed by atoms with E-state index in [2.05, 4.69) is 10.6 Å². The van der Waals surface area contributed by atoms with Gasteiger partial charge in [0.05, 0.1) is 5.69 Å². The van der Waals surface area contributed by atoms with Gasteiger partial charge in [-0.2, -0.15) is 0 Å². The molecule has 0 fully saturated rings. The predicted molar refractivity (Wildman–Crippen MR) is 84.7 cm³/mol. The molecular weight excluding hydrogens is 319 g/mol. The van der Waals surface area contributed by atoms with E-state index in [1.165, 1.54) is 0 Å². The van der Waals surface area contributed by atoms with Gasteiger partial charge >= 0.3 is 6.03 Å². The Morgan fingerprint density at radius 3 is 2.17 bits per heavy atom. The Kier molecular flexibility index (Phi) is 4.24. The molecule has 0 aliphatic carbocycles. The van der Waals surface area contributed by atoms with Gasteiger partial charge in [0.2, 0.25) is 0 Å². The Hall–Kier alpha value is -3.22. The number of anilines is 2. The summed E-state index contributed by atoms with van der Waals surface area (Å²) in [6, 6.07) is 11.6. The van der Waals surface area contributed by atoms with E-state index in [-0.39, 0.29) is 0 Å². The summed E-state index contributed by atoms with van der Waals surface area (Å²) in [5.74, 6) is -4.41. The quantitative estimate of drug-likeness (QED) is 0.680. The molecule has 0 spiro atoms. The Morgan fingerprint density at radius 2 is 1.50 bits per heavy atom. The van der Waals surface area contributed by atoms with E-state index in [9.17, 15) is 18.0 Å². The number of nitrogens with one attached hydrogen (secondary N) is 2. The Balaban J connectivity index is 1.68. The van der Waals surface area contributed by atoms with Crippen LogP contribution in [0.15, 0.2) is 60.9 Å². The number of carbonyl (C=O) groups excluding carboxylic acids is 1. The van der Waals surface area contributed by atoms with Crippen molar-refractivity contribution in [1.82, 2.24) is 4.57 Å². The van der Waals surface area contributed by atoms with Crippen LogP contribution >= 0.6 is 0 Å². The van der Waals surface area contributed by atoms with Crippen LogP contribution in [-0.2, 0) is 0 Å². The van der Waals surface area contributed by atoms with Gasteiger partial charge in [-0.15, -0.1) is 0 Å². The molecule has 0 aliphatic heterocycles. The van der Waals surface area contributed by atoms with Crippen LogP contribution in [0, 0.1) is 17.5 Å². The maximum atomic E-state index is 13.5. The number of nitrogens with zero attached hydrogens (tertiary/aromatic N) is 1. The first kappa shape index (κ1) is 15.7. The molecule has 3 rings (SSSR count). The molecule has 0 atom stereocenters. The van der Waals surface area contributed by atoms with Crippen molar-refractivity contribution in [1.29, 1.82) is 0 Å². The summed E-state index contributed by atoms with van der Waals surface area (Å²) >= 11 is 0.